The molecule has 1 N–H and O–H groups in total. The number of hydrogen-bond donors (Lipinski definition) is 1. The molecular weight excluding hydrogens is 212 g/mol. The number of allylic oxidation sites excluding steroid dienone is 3. The summed E-state index contributed by atoms with van der Waals surface area (Å²) in [6.45, 7) is 6.19. The molecule has 0 aromatic carbocycles. The van der Waals surface area contributed by atoms with Crippen LogP contribution in [-0.4, -0.2) is 10.9 Å². The van der Waals surface area contributed by atoms with Crippen molar-refractivity contribution in [1.29, 1.82) is 0 Å². The van der Waals surface area contributed by atoms with Gasteiger partial charge in [-0.05, 0) is 31.0 Å². The summed E-state index contributed by atoms with van der Waals surface area (Å²) in [6, 6.07) is 3.78. The molecule has 0 atom stereocenters. The molecule has 0 saturated heterocycles. The zero-order chi connectivity index (χ0) is 12.5. The molecule has 0 spiro atoms. The van der Waals surface area contributed by atoms with Crippen LogP contribution in [0.5, 0.6) is 0 Å². The summed E-state index contributed by atoms with van der Waals surface area (Å²) in [5.74, 6) is 0.0647. The third-order valence-electron chi connectivity index (χ3n) is 2.40. The highest BCUT2D eigenvalue weighted by Crippen LogP contribution is 2.00. The van der Waals surface area contributed by atoms with Crippen LogP contribution in [0.25, 0.3) is 0 Å². The second kappa shape index (κ2) is 7.39. The first kappa shape index (κ1) is 13.2. The first-order chi connectivity index (χ1) is 8.22. The van der Waals surface area contributed by atoms with E-state index in [2.05, 4.69) is 16.9 Å². The molecule has 0 radical (unpaired) electrons. The van der Waals surface area contributed by atoms with Crippen LogP contribution in [0, 0.1) is 0 Å². The molecule has 90 valence electrons. The lowest BCUT2D eigenvalue weighted by Gasteiger charge is -2.03. The summed E-state index contributed by atoms with van der Waals surface area (Å²) in [5, 5.41) is 2.87. The van der Waals surface area contributed by atoms with Crippen molar-refractivity contribution in [3.8, 4) is 0 Å². The third-order valence-corrected chi connectivity index (χ3v) is 2.40. The molecule has 0 aliphatic heterocycles. The van der Waals surface area contributed by atoms with Crippen molar-refractivity contribution in [3.63, 3.8) is 0 Å². The van der Waals surface area contributed by atoms with Gasteiger partial charge in [-0.3, -0.25) is 9.78 Å². The molecule has 1 heterocycles. The highest BCUT2D eigenvalue weighted by Gasteiger charge is 1.99. The Labute approximate surface area is 102 Å². The van der Waals surface area contributed by atoms with Gasteiger partial charge in [0.15, 0.2) is 0 Å². The molecule has 0 saturated carbocycles. The Morgan fingerprint density at radius 3 is 2.82 bits per heavy atom. The fraction of sp³-hybridized carbons (Fsp3) is 0.286. The molecule has 0 aliphatic rings. The van der Waals surface area contributed by atoms with Gasteiger partial charge in [0.1, 0.15) is 0 Å². The Bertz CT molecular complexity index is 396. The Morgan fingerprint density at radius 1 is 1.47 bits per heavy atom. The smallest absolute Gasteiger partial charge is 0.220 e. The van der Waals surface area contributed by atoms with Gasteiger partial charge in [-0.25, -0.2) is 0 Å². The normalized spacial score (nSPS) is 11.0. The molecule has 1 rings (SSSR count). The van der Waals surface area contributed by atoms with Gasteiger partial charge in [0.25, 0.3) is 0 Å². The predicted molar refractivity (Wildman–Crippen MR) is 69.3 cm³/mol. The summed E-state index contributed by atoms with van der Waals surface area (Å²) in [4.78, 5) is 15.4. The van der Waals surface area contributed by atoms with E-state index in [9.17, 15) is 4.79 Å². The fourth-order valence-corrected chi connectivity index (χ4v) is 1.30. The number of carbonyl (C=O) groups is 1. The second-order valence-corrected chi connectivity index (χ2v) is 3.82. The van der Waals surface area contributed by atoms with Crippen molar-refractivity contribution < 1.29 is 4.79 Å². The van der Waals surface area contributed by atoms with Crippen LogP contribution in [0.1, 0.15) is 25.3 Å². The van der Waals surface area contributed by atoms with Crippen LogP contribution in [0.4, 0.5) is 0 Å². The van der Waals surface area contributed by atoms with E-state index in [1.165, 1.54) is 0 Å². The number of amides is 1. The first-order valence-corrected chi connectivity index (χ1v) is 5.67. The molecule has 3 nitrogen and oxygen atoms in total. The van der Waals surface area contributed by atoms with E-state index in [-0.39, 0.29) is 5.91 Å². The number of aromatic nitrogens is 1. The first-order valence-electron chi connectivity index (χ1n) is 5.67. The van der Waals surface area contributed by atoms with Crippen molar-refractivity contribution in [1.82, 2.24) is 10.3 Å². The van der Waals surface area contributed by atoms with Crippen LogP contribution in [0.2, 0.25) is 0 Å². The van der Waals surface area contributed by atoms with Gasteiger partial charge in [-0.1, -0.05) is 24.3 Å². The minimum atomic E-state index is 0.0647. The van der Waals surface area contributed by atoms with Crippen molar-refractivity contribution in [2.24, 2.45) is 0 Å². The number of hydrogen-bond acceptors (Lipinski definition) is 2. The van der Waals surface area contributed by atoms with Crippen molar-refractivity contribution in [2.75, 3.05) is 0 Å². The average Bonchev–Trinajstić information content (AvgIpc) is 2.37. The summed E-state index contributed by atoms with van der Waals surface area (Å²) in [5.41, 5.74) is 2.16. The quantitative estimate of drug-likeness (QED) is 0.763. The van der Waals surface area contributed by atoms with E-state index in [4.69, 9.17) is 0 Å². The zero-order valence-electron chi connectivity index (χ0n) is 10.1. The van der Waals surface area contributed by atoms with Crippen molar-refractivity contribution in [2.45, 2.75) is 26.3 Å². The summed E-state index contributed by atoms with van der Waals surface area (Å²) >= 11 is 0. The maximum absolute atomic E-state index is 11.5. The topological polar surface area (TPSA) is 42.0 Å². The number of carbonyl (C=O) groups excluding carboxylic acids is 1. The highest BCUT2D eigenvalue weighted by molar-refractivity contribution is 5.76. The minimum Gasteiger partial charge on any atom is -0.352 e. The molecule has 0 aliphatic carbocycles. The van der Waals surface area contributed by atoms with Gasteiger partial charge in [0, 0.05) is 25.4 Å². The van der Waals surface area contributed by atoms with E-state index >= 15 is 0 Å². The van der Waals surface area contributed by atoms with Crippen LogP contribution in [-0.2, 0) is 11.3 Å². The molecule has 0 bridgehead atoms. The number of rotatable bonds is 6. The van der Waals surface area contributed by atoms with Gasteiger partial charge in [0.2, 0.25) is 5.91 Å². The van der Waals surface area contributed by atoms with Crippen molar-refractivity contribution in [3.05, 3.63) is 54.4 Å². The Morgan fingerprint density at radius 2 is 2.18 bits per heavy atom. The van der Waals surface area contributed by atoms with E-state index < -0.39 is 0 Å². The summed E-state index contributed by atoms with van der Waals surface area (Å²) < 4.78 is 0. The van der Waals surface area contributed by atoms with Gasteiger partial charge in [-0.2, -0.15) is 0 Å². The molecule has 1 aromatic heterocycles. The third kappa shape index (κ3) is 5.66. The fourth-order valence-electron chi connectivity index (χ4n) is 1.30. The number of nitrogens with one attached hydrogen (secondary N) is 1. The minimum absolute atomic E-state index is 0.0647. The standard InChI is InChI=1S/C14H18N2O/c1-3-12(2)5-4-6-14(17)16-11-13-7-9-15-10-8-13/h3,5,7-10H,1,4,6,11H2,2H3,(H,16,17)/b12-5-. The number of pyridine rings is 1. The number of nitrogens with zero attached hydrogens (tertiary/aromatic N) is 1. The molecule has 3 heteroatoms. The van der Waals surface area contributed by atoms with E-state index in [0.29, 0.717) is 13.0 Å². The Balaban J connectivity index is 2.24. The lowest BCUT2D eigenvalue weighted by molar-refractivity contribution is -0.121. The van der Waals surface area contributed by atoms with E-state index in [1.54, 1.807) is 18.5 Å². The van der Waals surface area contributed by atoms with Gasteiger partial charge in [0.05, 0.1) is 0 Å². The lowest BCUT2D eigenvalue weighted by atomic mass is 10.2. The summed E-state index contributed by atoms with van der Waals surface area (Å²) in [7, 11) is 0. The maximum atomic E-state index is 11.5. The van der Waals surface area contributed by atoms with Gasteiger partial charge < -0.3 is 5.32 Å². The molecular formula is C14H18N2O. The SMILES string of the molecule is C=C/C(C)=C\CCC(=O)NCc1ccncc1. The highest BCUT2D eigenvalue weighted by atomic mass is 16.1. The Hall–Kier alpha value is -1.90. The van der Waals surface area contributed by atoms with E-state index in [0.717, 1.165) is 17.6 Å². The monoisotopic (exact) mass is 230 g/mol. The van der Waals surface area contributed by atoms with Gasteiger partial charge >= 0.3 is 0 Å². The van der Waals surface area contributed by atoms with Crippen LogP contribution in [0.15, 0.2) is 48.8 Å². The largest absolute Gasteiger partial charge is 0.352 e. The van der Waals surface area contributed by atoms with Crippen LogP contribution < -0.4 is 5.32 Å². The van der Waals surface area contributed by atoms with Crippen LogP contribution >= 0.6 is 0 Å². The van der Waals surface area contributed by atoms with E-state index in [1.807, 2.05) is 25.1 Å². The van der Waals surface area contributed by atoms with Gasteiger partial charge in [-0.15, -0.1) is 0 Å². The van der Waals surface area contributed by atoms with Crippen molar-refractivity contribution >= 4 is 5.91 Å². The summed E-state index contributed by atoms with van der Waals surface area (Å²) in [6.07, 6.45) is 8.50. The second-order valence-electron chi connectivity index (χ2n) is 3.82. The zero-order valence-corrected chi connectivity index (χ0v) is 10.1. The molecule has 17 heavy (non-hydrogen) atoms. The predicted octanol–water partition coefficient (Wildman–Crippen LogP) is 2.61. The molecule has 1 aromatic rings. The average molecular weight is 230 g/mol. The molecule has 0 unspecified atom stereocenters. The lowest BCUT2D eigenvalue weighted by Crippen LogP contribution is -2.22. The molecule has 1 amide bonds. The maximum Gasteiger partial charge on any atom is 0.220 e. The van der Waals surface area contributed by atoms with Crippen LogP contribution in [0.3, 0.4) is 0 Å². The molecule has 0 fully saturated rings. The Kier molecular flexibility index (Phi) is 5.72.